The van der Waals surface area contributed by atoms with Gasteiger partial charge in [-0.05, 0) is 25.3 Å². The van der Waals surface area contributed by atoms with Gasteiger partial charge in [-0.1, -0.05) is 18.2 Å². The lowest BCUT2D eigenvalue weighted by atomic mass is 10.0. The molecule has 2 bridgehead atoms. The van der Waals surface area contributed by atoms with Crippen molar-refractivity contribution in [2.45, 2.75) is 36.2 Å². The zero-order chi connectivity index (χ0) is 14.1. The third kappa shape index (κ3) is 1.52. The fourth-order valence-electron chi connectivity index (χ4n) is 3.40. The van der Waals surface area contributed by atoms with Crippen LogP contribution in [0.5, 0.6) is 0 Å². The molecule has 2 unspecified atom stereocenters. The summed E-state index contributed by atoms with van der Waals surface area (Å²) in [6, 6.07) is 7.01. The maximum Gasteiger partial charge on any atom is 0.245 e. The Hall–Kier alpha value is -1.40. The summed E-state index contributed by atoms with van der Waals surface area (Å²) in [5, 5.41) is 9.46. The van der Waals surface area contributed by atoms with Crippen LogP contribution in [0.15, 0.2) is 24.3 Å². The second kappa shape index (κ2) is 3.62. The molecule has 1 amide bonds. The van der Waals surface area contributed by atoms with E-state index in [2.05, 4.69) is 0 Å². The zero-order valence-corrected chi connectivity index (χ0v) is 11.6. The lowest BCUT2D eigenvalue weighted by Crippen LogP contribution is -2.45. The van der Waals surface area contributed by atoms with Crippen molar-refractivity contribution in [1.29, 1.82) is 0 Å². The Morgan fingerprint density at radius 3 is 2.55 bits per heavy atom. The fraction of sp³-hybridized carbons (Fsp3) is 0.500. The van der Waals surface area contributed by atoms with E-state index in [4.69, 9.17) is 0 Å². The average molecular weight is 293 g/mol. The highest BCUT2D eigenvalue weighted by Gasteiger charge is 2.56. The van der Waals surface area contributed by atoms with Crippen LogP contribution in [0.25, 0.3) is 0 Å². The van der Waals surface area contributed by atoms with Crippen molar-refractivity contribution in [3.05, 3.63) is 29.8 Å². The smallest absolute Gasteiger partial charge is 0.245 e. The van der Waals surface area contributed by atoms with Gasteiger partial charge in [0, 0.05) is 5.56 Å². The molecule has 4 rings (SSSR count). The number of nitrogens with zero attached hydrogens (tertiary/aromatic N) is 1. The summed E-state index contributed by atoms with van der Waals surface area (Å²) >= 11 is 0. The number of amides is 1. The van der Waals surface area contributed by atoms with Crippen LogP contribution in [-0.2, 0) is 20.2 Å². The highest BCUT2D eigenvalue weighted by Crippen LogP contribution is 2.50. The molecule has 1 aromatic rings. The quantitative estimate of drug-likeness (QED) is 0.865. The minimum atomic E-state index is -3.26. The first kappa shape index (κ1) is 12.3. The van der Waals surface area contributed by atoms with Crippen LogP contribution in [-0.4, -0.2) is 36.5 Å². The topological polar surface area (TPSA) is 74.7 Å². The minimum Gasteiger partial charge on any atom is -0.385 e. The van der Waals surface area contributed by atoms with E-state index >= 15 is 0 Å². The van der Waals surface area contributed by atoms with Crippen molar-refractivity contribution in [3.63, 3.8) is 0 Å². The van der Waals surface area contributed by atoms with Gasteiger partial charge in [0.1, 0.15) is 5.25 Å². The standard InChI is InChI=1S/C14H15NO4S/c16-13-12-7-9(8-20(12,18)19)15(13)11-4-2-1-3-10(11)14(17)5-6-14/h1-4,9,12,17H,5-8H2. The normalized spacial score (nSPS) is 32.6. The van der Waals surface area contributed by atoms with E-state index in [-0.39, 0.29) is 17.7 Å². The summed E-state index contributed by atoms with van der Waals surface area (Å²) in [6.45, 7) is 0. The molecule has 2 saturated heterocycles. The number of para-hydroxylation sites is 1. The lowest BCUT2D eigenvalue weighted by Gasteiger charge is -2.30. The molecule has 3 aliphatic rings. The first-order valence-electron chi connectivity index (χ1n) is 6.79. The van der Waals surface area contributed by atoms with Crippen molar-refractivity contribution < 1.29 is 18.3 Å². The molecule has 6 heteroatoms. The fourth-order valence-corrected chi connectivity index (χ4v) is 5.39. The van der Waals surface area contributed by atoms with Crippen molar-refractivity contribution in [1.82, 2.24) is 0 Å². The van der Waals surface area contributed by atoms with Crippen LogP contribution >= 0.6 is 0 Å². The van der Waals surface area contributed by atoms with E-state index in [0.29, 0.717) is 24.9 Å². The first-order valence-corrected chi connectivity index (χ1v) is 8.50. The molecule has 2 aliphatic heterocycles. The summed E-state index contributed by atoms with van der Waals surface area (Å²) < 4.78 is 23.6. The molecule has 1 aliphatic carbocycles. The van der Waals surface area contributed by atoms with Gasteiger partial charge in [0.25, 0.3) is 0 Å². The Morgan fingerprint density at radius 2 is 1.95 bits per heavy atom. The number of carbonyl (C=O) groups is 1. The number of rotatable bonds is 2. The first-order chi connectivity index (χ1) is 9.42. The van der Waals surface area contributed by atoms with E-state index in [1.807, 2.05) is 18.2 Å². The van der Waals surface area contributed by atoms with Crippen LogP contribution in [0.4, 0.5) is 5.69 Å². The SMILES string of the molecule is O=C1C2CC(CS2(=O)=O)N1c1ccccc1C1(O)CC1. The van der Waals surface area contributed by atoms with Gasteiger partial charge in [-0.2, -0.15) is 0 Å². The molecule has 1 aromatic carbocycles. The van der Waals surface area contributed by atoms with Crippen LogP contribution in [0.1, 0.15) is 24.8 Å². The third-order valence-corrected chi connectivity index (χ3v) is 6.72. The average Bonchev–Trinajstić information content (AvgIpc) is 2.95. The molecule has 20 heavy (non-hydrogen) atoms. The van der Waals surface area contributed by atoms with Gasteiger partial charge in [-0.25, -0.2) is 8.42 Å². The number of carbonyl (C=O) groups excluding carboxylic acids is 1. The maximum absolute atomic E-state index is 12.3. The van der Waals surface area contributed by atoms with Gasteiger partial charge in [-0.3, -0.25) is 4.79 Å². The summed E-state index contributed by atoms with van der Waals surface area (Å²) in [4.78, 5) is 13.9. The number of aliphatic hydroxyl groups is 1. The highest BCUT2D eigenvalue weighted by atomic mass is 32.2. The molecule has 2 heterocycles. The van der Waals surface area contributed by atoms with Crippen LogP contribution < -0.4 is 4.90 Å². The Balaban J connectivity index is 1.79. The van der Waals surface area contributed by atoms with Gasteiger partial charge in [0.05, 0.1) is 23.1 Å². The predicted molar refractivity (Wildman–Crippen MR) is 73.0 cm³/mol. The number of anilines is 1. The second-order valence-corrected chi connectivity index (χ2v) is 8.19. The van der Waals surface area contributed by atoms with Gasteiger partial charge in [0.2, 0.25) is 5.91 Å². The molecule has 106 valence electrons. The minimum absolute atomic E-state index is 0.0379. The maximum atomic E-state index is 12.3. The number of sulfone groups is 1. The molecular weight excluding hydrogens is 278 g/mol. The third-order valence-electron chi connectivity index (χ3n) is 4.61. The highest BCUT2D eigenvalue weighted by molar-refractivity contribution is 7.93. The molecule has 2 atom stereocenters. The molecule has 3 fully saturated rings. The largest absolute Gasteiger partial charge is 0.385 e. The number of hydrogen-bond donors (Lipinski definition) is 1. The number of fused-ring (bicyclic) bond motifs is 2. The molecule has 0 radical (unpaired) electrons. The summed E-state index contributed by atoms with van der Waals surface area (Å²) in [5.74, 6) is -0.297. The van der Waals surface area contributed by atoms with Crippen LogP contribution in [0, 0.1) is 0 Å². The second-order valence-electron chi connectivity index (χ2n) is 5.96. The Kier molecular flexibility index (Phi) is 2.24. The van der Waals surface area contributed by atoms with Crippen molar-refractivity contribution in [2.75, 3.05) is 10.7 Å². The van der Waals surface area contributed by atoms with Crippen molar-refractivity contribution in [2.24, 2.45) is 0 Å². The monoisotopic (exact) mass is 293 g/mol. The summed E-state index contributed by atoms with van der Waals surface area (Å²) in [6.07, 6.45) is 1.77. The van der Waals surface area contributed by atoms with E-state index in [1.54, 1.807) is 11.0 Å². The molecule has 0 aromatic heterocycles. The Bertz CT molecular complexity index is 708. The van der Waals surface area contributed by atoms with Crippen LogP contribution in [0.3, 0.4) is 0 Å². The zero-order valence-electron chi connectivity index (χ0n) is 10.8. The molecule has 1 saturated carbocycles. The number of benzene rings is 1. The van der Waals surface area contributed by atoms with Gasteiger partial charge >= 0.3 is 0 Å². The predicted octanol–water partition coefficient (Wildman–Crippen LogP) is 0.570. The van der Waals surface area contributed by atoms with Gasteiger partial charge in [0.15, 0.2) is 9.84 Å². The number of hydrogen-bond acceptors (Lipinski definition) is 4. The lowest BCUT2D eigenvalue weighted by molar-refractivity contribution is -0.117. The molecule has 1 N–H and O–H groups in total. The van der Waals surface area contributed by atoms with E-state index in [0.717, 1.165) is 5.56 Å². The molecular formula is C14H15NO4S. The van der Waals surface area contributed by atoms with Crippen molar-refractivity contribution >= 4 is 21.4 Å². The van der Waals surface area contributed by atoms with E-state index in [1.165, 1.54) is 0 Å². The Labute approximate surface area is 117 Å². The summed E-state index contributed by atoms with van der Waals surface area (Å²) in [7, 11) is -3.26. The van der Waals surface area contributed by atoms with E-state index in [9.17, 15) is 18.3 Å². The van der Waals surface area contributed by atoms with Gasteiger partial charge in [-0.15, -0.1) is 0 Å². The van der Waals surface area contributed by atoms with Gasteiger partial charge < -0.3 is 10.0 Å². The Morgan fingerprint density at radius 1 is 1.25 bits per heavy atom. The van der Waals surface area contributed by atoms with Crippen molar-refractivity contribution in [3.8, 4) is 0 Å². The molecule has 0 spiro atoms. The van der Waals surface area contributed by atoms with Crippen LogP contribution in [0.2, 0.25) is 0 Å². The summed E-state index contributed by atoms with van der Waals surface area (Å²) in [5.41, 5.74) is 0.593. The molecule has 5 nitrogen and oxygen atoms in total. The van der Waals surface area contributed by atoms with E-state index < -0.39 is 20.7 Å².